The van der Waals surface area contributed by atoms with E-state index in [-0.39, 0.29) is 0 Å². The molecule has 0 spiro atoms. The first-order valence-corrected chi connectivity index (χ1v) is 5.41. The van der Waals surface area contributed by atoms with E-state index in [4.69, 9.17) is 4.74 Å². The number of pyridine rings is 1. The van der Waals surface area contributed by atoms with Crippen molar-refractivity contribution in [2.75, 3.05) is 13.2 Å². The van der Waals surface area contributed by atoms with Crippen molar-refractivity contribution in [2.45, 2.75) is 13.5 Å². The van der Waals surface area contributed by atoms with Crippen LogP contribution in [0.5, 0.6) is 0 Å². The lowest BCUT2D eigenvalue weighted by atomic mass is 10.2. The Balaban J connectivity index is 2.13. The second-order valence-corrected chi connectivity index (χ2v) is 3.38. The SMILES string of the molecule is CCOCCn1ccnc1-c1ccncc1. The van der Waals surface area contributed by atoms with Crippen LogP contribution < -0.4 is 0 Å². The summed E-state index contributed by atoms with van der Waals surface area (Å²) in [5, 5.41) is 0. The maximum Gasteiger partial charge on any atom is 0.140 e. The third kappa shape index (κ3) is 2.46. The summed E-state index contributed by atoms with van der Waals surface area (Å²) in [7, 11) is 0. The Morgan fingerprint density at radius 1 is 1.25 bits per heavy atom. The first-order valence-electron chi connectivity index (χ1n) is 5.41. The van der Waals surface area contributed by atoms with Crippen LogP contribution in [0.25, 0.3) is 11.4 Å². The van der Waals surface area contributed by atoms with Crippen molar-refractivity contribution < 1.29 is 4.74 Å². The summed E-state index contributed by atoms with van der Waals surface area (Å²) in [5.41, 5.74) is 1.08. The zero-order valence-corrected chi connectivity index (χ0v) is 9.34. The minimum absolute atomic E-state index is 0.713. The molecule has 0 saturated carbocycles. The number of hydrogen-bond acceptors (Lipinski definition) is 3. The lowest BCUT2D eigenvalue weighted by Crippen LogP contribution is -2.06. The Morgan fingerprint density at radius 2 is 2.06 bits per heavy atom. The normalized spacial score (nSPS) is 10.6. The molecule has 2 aromatic rings. The highest BCUT2D eigenvalue weighted by atomic mass is 16.5. The van der Waals surface area contributed by atoms with E-state index in [1.807, 2.05) is 31.5 Å². The summed E-state index contributed by atoms with van der Waals surface area (Å²) < 4.78 is 7.43. The molecular weight excluding hydrogens is 202 g/mol. The Kier molecular flexibility index (Phi) is 3.66. The van der Waals surface area contributed by atoms with Gasteiger partial charge in [0.25, 0.3) is 0 Å². The molecule has 0 saturated heterocycles. The fourth-order valence-electron chi connectivity index (χ4n) is 1.56. The molecule has 0 amide bonds. The fourth-order valence-corrected chi connectivity index (χ4v) is 1.56. The van der Waals surface area contributed by atoms with Crippen LogP contribution in [0.3, 0.4) is 0 Å². The van der Waals surface area contributed by atoms with E-state index in [2.05, 4.69) is 14.5 Å². The van der Waals surface area contributed by atoms with Crippen LogP contribution in [0.2, 0.25) is 0 Å². The third-order valence-corrected chi connectivity index (χ3v) is 2.33. The molecule has 0 aliphatic rings. The van der Waals surface area contributed by atoms with Gasteiger partial charge in [0, 0.05) is 43.5 Å². The van der Waals surface area contributed by atoms with Gasteiger partial charge in [0.15, 0.2) is 0 Å². The van der Waals surface area contributed by atoms with Crippen molar-refractivity contribution in [3.05, 3.63) is 36.9 Å². The molecule has 0 aliphatic heterocycles. The second-order valence-electron chi connectivity index (χ2n) is 3.38. The first kappa shape index (κ1) is 10.8. The molecule has 0 fully saturated rings. The molecule has 0 aromatic carbocycles. The predicted octanol–water partition coefficient (Wildman–Crippen LogP) is 1.98. The van der Waals surface area contributed by atoms with Crippen molar-refractivity contribution in [1.82, 2.24) is 14.5 Å². The Bertz CT molecular complexity index is 425. The van der Waals surface area contributed by atoms with Crippen LogP contribution in [0.4, 0.5) is 0 Å². The summed E-state index contributed by atoms with van der Waals surface area (Å²) >= 11 is 0. The van der Waals surface area contributed by atoms with Crippen LogP contribution in [0.15, 0.2) is 36.9 Å². The van der Waals surface area contributed by atoms with Crippen molar-refractivity contribution in [3.8, 4) is 11.4 Å². The molecule has 0 radical (unpaired) electrons. The van der Waals surface area contributed by atoms with E-state index in [1.54, 1.807) is 12.4 Å². The highest BCUT2D eigenvalue weighted by Crippen LogP contribution is 2.15. The number of nitrogens with zero attached hydrogens (tertiary/aromatic N) is 3. The van der Waals surface area contributed by atoms with Gasteiger partial charge in [-0.1, -0.05) is 0 Å². The molecule has 4 heteroatoms. The minimum atomic E-state index is 0.713. The standard InChI is InChI=1S/C12H15N3O/c1-2-16-10-9-15-8-7-14-12(15)11-3-5-13-6-4-11/h3-8H,2,9-10H2,1H3. The van der Waals surface area contributed by atoms with Crippen LogP contribution in [-0.4, -0.2) is 27.7 Å². The Morgan fingerprint density at radius 3 is 2.81 bits per heavy atom. The minimum Gasteiger partial charge on any atom is -0.380 e. The molecule has 0 N–H and O–H groups in total. The zero-order chi connectivity index (χ0) is 11.2. The van der Waals surface area contributed by atoms with Crippen LogP contribution >= 0.6 is 0 Å². The number of imidazole rings is 1. The van der Waals surface area contributed by atoms with Gasteiger partial charge >= 0.3 is 0 Å². The van der Waals surface area contributed by atoms with Gasteiger partial charge in [-0.3, -0.25) is 4.98 Å². The van der Waals surface area contributed by atoms with Crippen LogP contribution in [-0.2, 0) is 11.3 Å². The fraction of sp³-hybridized carbons (Fsp3) is 0.333. The van der Waals surface area contributed by atoms with Gasteiger partial charge in [0.05, 0.1) is 6.61 Å². The van der Waals surface area contributed by atoms with Crippen molar-refractivity contribution in [1.29, 1.82) is 0 Å². The number of hydrogen-bond donors (Lipinski definition) is 0. The summed E-state index contributed by atoms with van der Waals surface area (Å²) in [4.78, 5) is 8.34. The maximum absolute atomic E-state index is 5.34. The molecule has 2 aromatic heterocycles. The highest BCUT2D eigenvalue weighted by molar-refractivity contribution is 5.54. The molecule has 4 nitrogen and oxygen atoms in total. The van der Waals surface area contributed by atoms with Gasteiger partial charge in [-0.2, -0.15) is 0 Å². The Labute approximate surface area is 94.9 Å². The zero-order valence-electron chi connectivity index (χ0n) is 9.34. The molecule has 0 atom stereocenters. The quantitative estimate of drug-likeness (QED) is 0.719. The summed E-state index contributed by atoms with van der Waals surface area (Å²) in [6.07, 6.45) is 7.32. The van der Waals surface area contributed by atoms with Gasteiger partial charge in [-0.05, 0) is 19.1 Å². The second kappa shape index (κ2) is 5.42. The van der Waals surface area contributed by atoms with Crippen LogP contribution in [0, 0.1) is 0 Å². The lowest BCUT2D eigenvalue weighted by molar-refractivity contribution is 0.139. The van der Waals surface area contributed by atoms with Crippen molar-refractivity contribution in [3.63, 3.8) is 0 Å². The predicted molar refractivity (Wildman–Crippen MR) is 62.0 cm³/mol. The van der Waals surface area contributed by atoms with Crippen molar-refractivity contribution in [2.24, 2.45) is 0 Å². The number of aromatic nitrogens is 3. The van der Waals surface area contributed by atoms with E-state index in [0.717, 1.165) is 24.5 Å². The van der Waals surface area contributed by atoms with Gasteiger partial charge in [0.2, 0.25) is 0 Å². The summed E-state index contributed by atoms with van der Waals surface area (Å²) in [6.45, 7) is 4.29. The molecule has 84 valence electrons. The lowest BCUT2D eigenvalue weighted by Gasteiger charge is -2.07. The topological polar surface area (TPSA) is 39.9 Å². The smallest absolute Gasteiger partial charge is 0.140 e. The molecule has 2 heterocycles. The van der Waals surface area contributed by atoms with Gasteiger partial charge in [-0.25, -0.2) is 4.98 Å². The van der Waals surface area contributed by atoms with Crippen molar-refractivity contribution >= 4 is 0 Å². The van der Waals surface area contributed by atoms with E-state index in [0.29, 0.717) is 6.61 Å². The average molecular weight is 217 g/mol. The van der Waals surface area contributed by atoms with Crippen LogP contribution in [0.1, 0.15) is 6.92 Å². The first-order chi connectivity index (χ1) is 7.92. The molecule has 0 aliphatic carbocycles. The average Bonchev–Trinajstić information content (AvgIpc) is 2.79. The van der Waals surface area contributed by atoms with Gasteiger partial charge in [-0.15, -0.1) is 0 Å². The van der Waals surface area contributed by atoms with Gasteiger partial charge in [0.1, 0.15) is 5.82 Å². The summed E-state index contributed by atoms with van der Waals surface area (Å²) in [5.74, 6) is 0.960. The van der Waals surface area contributed by atoms with E-state index < -0.39 is 0 Å². The molecule has 0 bridgehead atoms. The monoisotopic (exact) mass is 217 g/mol. The molecule has 16 heavy (non-hydrogen) atoms. The van der Waals surface area contributed by atoms with E-state index in [1.165, 1.54) is 0 Å². The largest absolute Gasteiger partial charge is 0.380 e. The maximum atomic E-state index is 5.34. The highest BCUT2D eigenvalue weighted by Gasteiger charge is 2.04. The number of rotatable bonds is 5. The molecule has 0 unspecified atom stereocenters. The summed E-state index contributed by atoms with van der Waals surface area (Å²) in [6, 6.07) is 3.92. The molecule has 2 rings (SSSR count). The Hall–Kier alpha value is -1.68. The molecular formula is C12H15N3O. The third-order valence-electron chi connectivity index (χ3n) is 2.33. The van der Waals surface area contributed by atoms with E-state index in [9.17, 15) is 0 Å². The van der Waals surface area contributed by atoms with E-state index >= 15 is 0 Å². The number of ether oxygens (including phenoxy) is 1. The van der Waals surface area contributed by atoms with Gasteiger partial charge < -0.3 is 9.30 Å².